The minimum atomic E-state index is 0.277. The summed E-state index contributed by atoms with van der Waals surface area (Å²) < 4.78 is 2.19. The van der Waals surface area contributed by atoms with Gasteiger partial charge in [0.15, 0.2) is 0 Å². The van der Waals surface area contributed by atoms with Crippen LogP contribution in [0.2, 0.25) is 0 Å². The number of hydrogen-bond acceptors (Lipinski definition) is 2. The molecule has 2 rings (SSSR count). The van der Waals surface area contributed by atoms with Gasteiger partial charge in [-0.05, 0) is 44.9 Å². The van der Waals surface area contributed by atoms with Gasteiger partial charge in [-0.3, -0.25) is 4.68 Å². The Bertz CT molecular complexity index is 572. The smallest absolute Gasteiger partial charge is 0.0689 e. The first kappa shape index (κ1) is 15.8. The van der Waals surface area contributed by atoms with Crippen molar-refractivity contribution in [2.45, 2.75) is 53.1 Å². The number of aromatic nitrogens is 2. The Morgan fingerprint density at radius 2 is 1.81 bits per heavy atom. The van der Waals surface area contributed by atoms with Gasteiger partial charge in [-0.2, -0.15) is 5.10 Å². The maximum atomic E-state index is 4.79. The zero-order valence-electron chi connectivity index (χ0n) is 13.9. The second-order valence-electron chi connectivity index (χ2n) is 5.63. The Hall–Kier alpha value is -1.61. The fourth-order valence-corrected chi connectivity index (χ4v) is 3.19. The maximum absolute atomic E-state index is 4.79. The molecule has 0 aliphatic carbocycles. The zero-order valence-corrected chi connectivity index (χ0v) is 13.9. The van der Waals surface area contributed by atoms with Crippen LogP contribution >= 0.6 is 0 Å². The molecule has 0 saturated carbocycles. The minimum Gasteiger partial charge on any atom is -0.308 e. The van der Waals surface area contributed by atoms with E-state index < -0.39 is 0 Å². The van der Waals surface area contributed by atoms with Crippen LogP contribution in [0.25, 0.3) is 0 Å². The summed E-state index contributed by atoms with van der Waals surface area (Å²) in [6.45, 7) is 11.8. The average molecular weight is 285 g/mol. The summed E-state index contributed by atoms with van der Waals surface area (Å²) in [6.07, 6.45) is 1.04. The summed E-state index contributed by atoms with van der Waals surface area (Å²) in [6, 6.07) is 11.2. The van der Waals surface area contributed by atoms with E-state index in [0.29, 0.717) is 0 Å². The van der Waals surface area contributed by atoms with Gasteiger partial charge in [0.25, 0.3) is 0 Å². The molecule has 0 bridgehead atoms. The van der Waals surface area contributed by atoms with Gasteiger partial charge >= 0.3 is 0 Å². The summed E-state index contributed by atoms with van der Waals surface area (Å²) in [5.41, 5.74) is 5.15. The van der Waals surface area contributed by atoms with Crippen molar-refractivity contribution in [1.82, 2.24) is 15.1 Å². The van der Waals surface area contributed by atoms with Crippen LogP contribution in [0, 0.1) is 13.8 Å². The Morgan fingerprint density at radius 3 is 2.33 bits per heavy atom. The van der Waals surface area contributed by atoms with E-state index in [0.717, 1.165) is 18.7 Å². The van der Waals surface area contributed by atoms with Crippen LogP contribution in [0.1, 0.15) is 55.4 Å². The van der Waals surface area contributed by atoms with Gasteiger partial charge in [0.1, 0.15) is 0 Å². The molecule has 1 aromatic heterocycles. The van der Waals surface area contributed by atoms with Crippen molar-refractivity contribution >= 4 is 0 Å². The van der Waals surface area contributed by atoms with Crippen molar-refractivity contribution < 1.29 is 0 Å². The van der Waals surface area contributed by atoms with Crippen LogP contribution in [-0.2, 0) is 6.42 Å². The largest absolute Gasteiger partial charge is 0.308 e. The molecule has 1 N–H and O–H groups in total. The Kier molecular flexibility index (Phi) is 5.18. The van der Waals surface area contributed by atoms with Gasteiger partial charge in [-0.1, -0.05) is 44.2 Å². The quantitative estimate of drug-likeness (QED) is 0.870. The average Bonchev–Trinajstić information content (AvgIpc) is 2.79. The molecule has 21 heavy (non-hydrogen) atoms. The molecule has 2 aromatic rings. The number of benzene rings is 1. The molecule has 0 radical (unpaired) electrons. The molecule has 2 unspecified atom stereocenters. The van der Waals surface area contributed by atoms with Crippen molar-refractivity contribution in [2.24, 2.45) is 0 Å². The van der Waals surface area contributed by atoms with E-state index in [4.69, 9.17) is 5.10 Å². The standard InChI is InChI=1S/C18H27N3/c1-6-17-13(3)20-21(14(17)4)15(5)18(19-7-2)16-11-9-8-10-12-16/h8-12,15,18-19H,6-7H2,1-5H3. The van der Waals surface area contributed by atoms with Crippen molar-refractivity contribution in [1.29, 1.82) is 0 Å². The van der Waals surface area contributed by atoms with Crippen LogP contribution in [0.4, 0.5) is 0 Å². The fourth-order valence-electron chi connectivity index (χ4n) is 3.19. The lowest BCUT2D eigenvalue weighted by atomic mass is 10.00. The molecule has 0 saturated heterocycles. The van der Waals surface area contributed by atoms with E-state index in [9.17, 15) is 0 Å². The Balaban J connectivity index is 2.37. The first-order chi connectivity index (χ1) is 10.1. The molecule has 0 spiro atoms. The van der Waals surface area contributed by atoms with Crippen LogP contribution < -0.4 is 5.32 Å². The van der Waals surface area contributed by atoms with Gasteiger partial charge in [-0.25, -0.2) is 0 Å². The highest BCUT2D eigenvalue weighted by molar-refractivity contribution is 5.26. The first-order valence-corrected chi connectivity index (χ1v) is 7.93. The first-order valence-electron chi connectivity index (χ1n) is 7.93. The third kappa shape index (κ3) is 3.18. The molecule has 0 aliphatic heterocycles. The normalized spacial score (nSPS) is 14.1. The number of nitrogens with one attached hydrogen (secondary N) is 1. The molecule has 0 amide bonds. The molecule has 0 fully saturated rings. The second kappa shape index (κ2) is 6.90. The number of rotatable bonds is 6. The van der Waals surface area contributed by atoms with Gasteiger partial charge in [-0.15, -0.1) is 0 Å². The van der Waals surface area contributed by atoms with E-state index in [-0.39, 0.29) is 12.1 Å². The highest BCUT2D eigenvalue weighted by Gasteiger charge is 2.23. The molecular weight excluding hydrogens is 258 g/mol. The number of hydrogen-bond donors (Lipinski definition) is 1. The van der Waals surface area contributed by atoms with E-state index >= 15 is 0 Å². The monoisotopic (exact) mass is 285 g/mol. The van der Waals surface area contributed by atoms with E-state index in [2.05, 4.69) is 74.9 Å². The van der Waals surface area contributed by atoms with Crippen LogP contribution in [0.15, 0.2) is 30.3 Å². The zero-order chi connectivity index (χ0) is 15.4. The van der Waals surface area contributed by atoms with Crippen LogP contribution in [0.3, 0.4) is 0 Å². The topological polar surface area (TPSA) is 29.9 Å². The molecule has 1 aromatic carbocycles. The van der Waals surface area contributed by atoms with Crippen molar-refractivity contribution in [3.63, 3.8) is 0 Å². The number of nitrogens with zero attached hydrogens (tertiary/aromatic N) is 2. The van der Waals surface area contributed by atoms with Crippen LogP contribution in [-0.4, -0.2) is 16.3 Å². The van der Waals surface area contributed by atoms with Crippen molar-refractivity contribution in [3.05, 3.63) is 52.8 Å². The second-order valence-corrected chi connectivity index (χ2v) is 5.63. The number of likely N-dealkylation sites (N-methyl/N-ethyl adjacent to an activating group) is 1. The molecular formula is C18H27N3. The van der Waals surface area contributed by atoms with Gasteiger partial charge < -0.3 is 5.32 Å². The highest BCUT2D eigenvalue weighted by atomic mass is 15.3. The molecule has 3 heteroatoms. The van der Waals surface area contributed by atoms with Gasteiger partial charge in [0.2, 0.25) is 0 Å². The summed E-state index contributed by atoms with van der Waals surface area (Å²) in [4.78, 5) is 0. The predicted octanol–water partition coefficient (Wildman–Crippen LogP) is 3.97. The molecule has 114 valence electrons. The lowest BCUT2D eigenvalue weighted by Crippen LogP contribution is -2.29. The lowest BCUT2D eigenvalue weighted by Gasteiger charge is -2.26. The Labute approximate surface area is 128 Å². The molecule has 3 nitrogen and oxygen atoms in total. The highest BCUT2D eigenvalue weighted by Crippen LogP contribution is 2.28. The lowest BCUT2D eigenvalue weighted by molar-refractivity contribution is 0.353. The molecule has 0 aliphatic rings. The van der Waals surface area contributed by atoms with Gasteiger partial charge in [0.05, 0.1) is 17.8 Å². The maximum Gasteiger partial charge on any atom is 0.0689 e. The van der Waals surface area contributed by atoms with Crippen LogP contribution in [0.5, 0.6) is 0 Å². The van der Waals surface area contributed by atoms with E-state index in [1.807, 2.05) is 0 Å². The minimum absolute atomic E-state index is 0.277. The number of aryl methyl sites for hydroxylation is 1. The van der Waals surface area contributed by atoms with Crippen molar-refractivity contribution in [2.75, 3.05) is 6.54 Å². The molecule has 2 atom stereocenters. The van der Waals surface area contributed by atoms with Crippen molar-refractivity contribution in [3.8, 4) is 0 Å². The SMILES string of the molecule is CCNC(c1ccccc1)C(C)n1nc(C)c(CC)c1C. The van der Waals surface area contributed by atoms with Gasteiger partial charge in [0, 0.05) is 5.69 Å². The summed E-state index contributed by atoms with van der Waals surface area (Å²) in [5.74, 6) is 0. The van der Waals surface area contributed by atoms with E-state index in [1.54, 1.807) is 0 Å². The fraction of sp³-hybridized carbons (Fsp3) is 0.500. The molecule has 1 heterocycles. The summed E-state index contributed by atoms with van der Waals surface area (Å²) >= 11 is 0. The Morgan fingerprint density at radius 1 is 1.14 bits per heavy atom. The predicted molar refractivity (Wildman–Crippen MR) is 88.6 cm³/mol. The van der Waals surface area contributed by atoms with E-state index in [1.165, 1.54) is 16.8 Å². The summed E-state index contributed by atoms with van der Waals surface area (Å²) in [5, 5.41) is 8.40. The summed E-state index contributed by atoms with van der Waals surface area (Å²) in [7, 11) is 0. The third-order valence-electron chi connectivity index (χ3n) is 4.28. The third-order valence-corrected chi connectivity index (χ3v) is 4.28.